The molecule has 0 aliphatic carbocycles. The van der Waals surface area contributed by atoms with Gasteiger partial charge >= 0.3 is 5.97 Å². The molecule has 2 aliphatic heterocycles. The van der Waals surface area contributed by atoms with Crippen LogP contribution in [0, 0.1) is 6.92 Å². The highest BCUT2D eigenvalue weighted by Crippen LogP contribution is 2.33. The van der Waals surface area contributed by atoms with E-state index < -0.39 is 12.0 Å². The summed E-state index contributed by atoms with van der Waals surface area (Å²) in [6, 6.07) is 2.75. The molecule has 2 heterocycles. The lowest BCUT2D eigenvalue weighted by atomic mass is 10.0. The Balaban J connectivity index is 1.84. The molecule has 1 fully saturated rings. The van der Waals surface area contributed by atoms with Crippen LogP contribution in [-0.2, 0) is 4.79 Å². The third-order valence-corrected chi connectivity index (χ3v) is 3.88. The molecule has 22 heavy (non-hydrogen) atoms. The predicted molar refractivity (Wildman–Crippen MR) is 77.5 cm³/mol. The number of carbonyl (C=O) groups excluding carboxylic acids is 1. The number of aryl methyl sites for hydroxylation is 1. The molecule has 1 saturated heterocycles. The number of hydrogen-bond donors (Lipinski definition) is 2. The van der Waals surface area contributed by atoms with Crippen LogP contribution in [0.15, 0.2) is 12.1 Å². The number of nitrogens with zero attached hydrogens (tertiary/aromatic N) is 1. The highest BCUT2D eigenvalue weighted by molar-refractivity contribution is 5.97. The second kappa shape index (κ2) is 5.84. The van der Waals surface area contributed by atoms with Crippen LogP contribution in [0.25, 0.3) is 0 Å². The van der Waals surface area contributed by atoms with Gasteiger partial charge in [0.1, 0.15) is 19.3 Å². The second-order valence-corrected chi connectivity index (χ2v) is 5.41. The normalized spacial score (nSPS) is 20.6. The third kappa shape index (κ3) is 2.71. The predicted octanol–water partition coefficient (Wildman–Crippen LogP) is 0.265. The lowest BCUT2D eigenvalue weighted by Gasteiger charge is -2.32. The van der Waals surface area contributed by atoms with E-state index in [4.69, 9.17) is 14.6 Å². The Labute approximate surface area is 127 Å². The largest absolute Gasteiger partial charge is 0.486 e. The van der Waals surface area contributed by atoms with Gasteiger partial charge in [-0.15, -0.1) is 0 Å². The van der Waals surface area contributed by atoms with E-state index in [-0.39, 0.29) is 12.5 Å². The molecule has 7 heteroatoms. The van der Waals surface area contributed by atoms with Gasteiger partial charge in [0.05, 0.1) is 0 Å². The van der Waals surface area contributed by atoms with Gasteiger partial charge in [-0.1, -0.05) is 0 Å². The Kier molecular flexibility index (Phi) is 3.89. The minimum atomic E-state index is -0.948. The summed E-state index contributed by atoms with van der Waals surface area (Å²) in [4.78, 5) is 25.3. The Bertz CT molecular complexity index is 616. The summed E-state index contributed by atoms with van der Waals surface area (Å²) in [5.41, 5.74) is 1.31. The molecule has 0 spiro atoms. The Morgan fingerprint density at radius 3 is 2.64 bits per heavy atom. The molecule has 2 aliphatic rings. The SMILES string of the molecule is Cc1cc2c(cc1C(=O)N1CCN[C@@H](C(=O)O)C1)OCCO2. The van der Waals surface area contributed by atoms with Crippen LogP contribution in [0.3, 0.4) is 0 Å². The molecule has 1 amide bonds. The molecule has 0 bridgehead atoms. The van der Waals surface area contributed by atoms with E-state index in [1.807, 2.05) is 6.92 Å². The van der Waals surface area contributed by atoms with Crippen LogP contribution >= 0.6 is 0 Å². The number of amides is 1. The first-order valence-electron chi connectivity index (χ1n) is 7.22. The highest BCUT2D eigenvalue weighted by atomic mass is 16.6. The Hall–Kier alpha value is -2.28. The molecule has 0 aromatic heterocycles. The van der Waals surface area contributed by atoms with Crippen LogP contribution in [0.5, 0.6) is 11.5 Å². The number of fused-ring (bicyclic) bond motifs is 1. The number of benzene rings is 1. The van der Waals surface area contributed by atoms with E-state index in [0.29, 0.717) is 43.4 Å². The minimum absolute atomic E-state index is 0.155. The Morgan fingerprint density at radius 1 is 1.27 bits per heavy atom. The van der Waals surface area contributed by atoms with Crippen molar-refractivity contribution in [2.75, 3.05) is 32.8 Å². The monoisotopic (exact) mass is 306 g/mol. The van der Waals surface area contributed by atoms with E-state index in [2.05, 4.69) is 5.32 Å². The van der Waals surface area contributed by atoms with Crippen LogP contribution < -0.4 is 14.8 Å². The molecule has 0 saturated carbocycles. The van der Waals surface area contributed by atoms with E-state index >= 15 is 0 Å². The fourth-order valence-electron chi connectivity index (χ4n) is 2.69. The number of aliphatic carboxylic acids is 1. The fraction of sp³-hybridized carbons (Fsp3) is 0.467. The van der Waals surface area contributed by atoms with Gasteiger partial charge < -0.3 is 24.8 Å². The lowest BCUT2D eigenvalue weighted by Crippen LogP contribution is -2.55. The summed E-state index contributed by atoms with van der Waals surface area (Å²) < 4.78 is 11.0. The van der Waals surface area contributed by atoms with Crippen molar-refractivity contribution in [2.24, 2.45) is 0 Å². The number of carbonyl (C=O) groups is 2. The number of ether oxygens (including phenoxy) is 2. The van der Waals surface area contributed by atoms with E-state index in [1.54, 1.807) is 17.0 Å². The van der Waals surface area contributed by atoms with Gasteiger partial charge in [-0.05, 0) is 24.6 Å². The molecule has 1 aromatic carbocycles. The quantitative estimate of drug-likeness (QED) is 0.815. The molecule has 118 valence electrons. The van der Waals surface area contributed by atoms with Gasteiger partial charge in [-0.3, -0.25) is 9.59 Å². The molecule has 0 radical (unpaired) electrons. The first-order chi connectivity index (χ1) is 10.6. The Morgan fingerprint density at radius 2 is 1.95 bits per heavy atom. The van der Waals surface area contributed by atoms with E-state index in [0.717, 1.165) is 5.56 Å². The molecular formula is C15H18N2O5. The van der Waals surface area contributed by atoms with Crippen LogP contribution in [0.1, 0.15) is 15.9 Å². The molecule has 2 N–H and O–H groups in total. The molecule has 0 unspecified atom stereocenters. The zero-order valence-corrected chi connectivity index (χ0v) is 12.3. The zero-order chi connectivity index (χ0) is 15.7. The summed E-state index contributed by atoms with van der Waals surface area (Å²) >= 11 is 0. The van der Waals surface area contributed by atoms with Crippen molar-refractivity contribution in [2.45, 2.75) is 13.0 Å². The minimum Gasteiger partial charge on any atom is -0.486 e. The number of rotatable bonds is 2. The van der Waals surface area contributed by atoms with Crippen molar-refractivity contribution < 1.29 is 24.2 Å². The van der Waals surface area contributed by atoms with Gasteiger partial charge in [0, 0.05) is 25.2 Å². The molecule has 7 nitrogen and oxygen atoms in total. The summed E-state index contributed by atoms with van der Waals surface area (Å²) in [6.07, 6.45) is 0. The van der Waals surface area contributed by atoms with Crippen LogP contribution in [0.4, 0.5) is 0 Å². The van der Waals surface area contributed by atoms with Gasteiger partial charge in [-0.25, -0.2) is 0 Å². The highest BCUT2D eigenvalue weighted by Gasteiger charge is 2.29. The lowest BCUT2D eigenvalue weighted by molar-refractivity contribution is -0.140. The average Bonchev–Trinajstić information content (AvgIpc) is 2.53. The molecule has 1 aromatic rings. The van der Waals surface area contributed by atoms with Gasteiger partial charge in [0.15, 0.2) is 11.5 Å². The van der Waals surface area contributed by atoms with E-state index in [9.17, 15) is 9.59 Å². The number of carboxylic acid groups (broad SMARTS) is 1. The van der Waals surface area contributed by atoms with Crippen LogP contribution in [0.2, 0.25) is 0 Å². The van der Waals surface area contributed by atoms with E-state index in [1.165, 1.54) is 0 Å². The molecule has 1 atom stereocenters. The molecule has 3 rings (SSSR count). The summed E-state index contributed by atoms with van der Waals surface area (Å²) in [5.74, 6) is 0.0766. The standard InChI is InChI=1S/C15H18N2O5/c1-9-6-12-13(22-5-4-21-12)7-10(9)14(18)17-3-2-16-11(8-17)15(19)20/h6-7,11,16H,2-5,8H2,1H3,(H,19,20)/t11-/m1/s1. The maximum atomic E-state index is 12.7. The maximum absolute atomic E-state index is 12.7. The fourth-order valence-corrected chi connectivity index (χ4v) is 2.69. The van der Waals surface area contributed by atoms with Crippen molar-refractivity contribution in [3.05, 3.63) is 23.3 Å². The second-order valence-electron chi connectivity index (χ2n) is 5.41. The van der Waals surface area contributed by atoms with Gasteiger partial charge in [0.2, 0.25) is 0 Å². The average molecular weight is 306 g/mol. The van der Waals surface area contributed by atoms with Crippen molar-refractivity contribution in [1.29, 1.82) is 0 Å². The number of carboxylic acids is 1. The maximum Gasteiger partial charge on any atom is 0.322 e. The van der Waals surface area contributed by atoms with Gasteiger partial charge in [-0.2, -0.15) is 0 Å². The summed E-state index contributed by atoms with van der Waals surface area (Å²) in [5, 5.41) is 12.0. The van der Waals surface area contributed by atoms with Crippen molar-refractivity contribution in [1.82, 2.24) is 10.2 Å². The zero-order valence-electron chi connectivity index (χ0n) is 12.3. The first-order valence-corrected chi connectivity index (χ1v) is 7.22. The topological polar surface area (TPSA) is 88.1 Å². The summed E-state index contributed by atoms with van der Waals surface area (Å²) in [6.45, 7) is 3.89. The number of piperazine rings is 1. The summed E-state index contributed by atoms with van der Waals surface area (Å²) in [7, 11) is 0. The third-order valence-electron chi connectivity index (χ3n) is 3.88. The number of hydrogen-bond acceptors (Lipinski definition) is 5. The van der Waals surface area contributed by atoms with Crippen molar-refractivity contribution in [3.63, 3.8) is 0 Å². The van der Waals surface area contributed by atoms with Crippen molar-refractivity contribution >= 4 is 11.9 Å². The first kappa shape index (κ1) is 14.6. The smallest absolute Gasteiger partial charge is 0.322 e. The van der Waals surface area contributed by atoms with Crippen LogP contribution in [-0.4, -0.2) is 60.8 Å². The van der Waals surface area contributed by atoms with Crippen molar-refractivity contribution in [3.8, 4) is 11.5 Å². The number of nitrogens with one attached hydrogen (secondary N) is 1. The van der Waals surface area contributed by atoms with Gasteiger partial charge in [0.25, 0.3) is 5.91 Å². The molecular weight excluding hydrogens is 288 g/mol.